The third kappa shape index (κ3) is 3.41. The highest BCUT2D eigenvalue weighted by Gasteiger charge is 2.51. The summed E-state index contributed by atoms with van der Waals surface area (Å²) < 4.78 is 0. The van der Waals surface area contributed by atoms with Crippen molar-refractivity contribution in [1.29, 1.82) is 0 Å². The molecule has 4 bridgehead atoms. The van der Waals surface area contributed by atoms with E-state index in [9.17, 15) is 4.79 Å². The zero-order valence-electron chi connectivity index (χ0n) is 12.8. The van der Waals surface area contributed by atoms with E-state index in [-0.39, 0.29) is 31.2 Å². The molecule has 120 valence electrons. The largest absolute Gasteiger partial charge is 0.395 e. The number of nitrogens with one attached hydrogen (secondary N) is 1. The first-order valence-corrected chi connectivity index (χ1v) is 8.37. The molecular weight excluding hydrogens is 268 g/mol. The Hall–Kier alpha value is -0.650. The van der Waals surface area contributed by atoms with Crippen LogP contribution in [0.4, 0.5) is 0 Å². The second-order valence-electron chi connectivity index (χ2n) is 7.47. The minimum absolute atomic E-state index is 0.0185. The van der Waals surface area contributed by atoms with Gasteiger partial charge in [-0.25, -0.2) is 0 Å². The maximum Gasteiger partial charge on any atom is 0.234 e. The number of rotatable bonds is 7. The Morgan fingerprint density at radius 1 is 1.00 bits per heavy atom. The molecule has 4 saturated carbocycles. The van der Waals surface area contributed by atoms with Crippen LogP contribution in [-0.4, -0.2) is 59.4 Å². The van der Waals surface area contributed by atoms with Crippen LogP contribution in [0.25, 0.3) is 0 Å². The van der Waals surface area contributed by atoms with Gasteiger partial charge >= 0.3 is 0 Å². The van der Waals surface area contributed by atoms with Crippen LogP contribution >= 0.6 is 0 Å². The summed E-state index contributed by atoms with van der Waals surface area (Å²) in [6.07, 6.45) is 7.59. The number of nitrogens with zero attached hydrogens (tertiary/aromatic N) is 1. The normalized spacial score (nSPS) is 37.2. The Morgan fingerprint density at radius 3 is 1.90 bits per heavy atom. The molecule has 0 unspecified atom stereocenters. The van der Waals surface area contributed by atoms with E-state index >= 15 is 0 Å². The van der Waals surface area contributed by atoms with Gasteiger partial charge in [-0.2, -0.15) is 0 Å². The van der Waals surface area contributed by atoms with E-state index in [2.05, 4.69) is 5.32 Å². The van der Waals surface area contributed by atoms with Gasteiger partial charge in [-0.05, 0) is 56.3 Å². The molecule has 0 heterocycles. The second-order valence-corrected chi connectivity index (χ2v) is 7.47. The summed E-state index contributed by atoms with van der Waals surface area (Å²) in [4.78, 5) is 14.2. The molecule has 1 amide bonds. The summed E-state index contributed by atoms with van der Waals surface area (Å²) in [5.74, 6) is 2.52. The lowest BCUT2D eigenvalue weighted by atomic mass is 9.53. The molecule has 0 saturated heterocycles. The highest BCUT2D eigenvalue weighted by atomic mass is 16.3. The zero-order chi connectivity index (χ0) is 14.9. The lowest BCUT2D eigenvalue weighted by molar-refractivity contribution is -0.128. The summed E-state index contributed by atoms with van der Waals surface area (Å²) >= 11 is 0. The Kier molecular flexibility index (Phi) is 4.52. The van der Waals surface area contributed by atoms with Crippen LogP contribution in [0.5, 0.6) is 0 Å². The molecule has 0 atom stereocenters. The van der Waals surface area contributed by atoms with Gasteiger partial charge in [0.1, 0.15) is 0 Å². The van der Waals surface area contributed by atoms with Crippen molar-refractivity contribution < 1.29 is 15.0 Å². The standard InChI is InChI=1S/C16H28N2O3/c19-3-1-18(2-4-20)11-15(21)17-16-8-12-5-13(9-16)7-14(6-12)10-16/h12-14,19-20H,1-11H2,(H,17,21). The average Bonchev–Trinajstić information content (AvgIpc) is 2.36. The topological polar surface area (TPSA) is 72.8 Å². The number of hydrogen-bond acceptors (Lipinski definition) is 4. The molecule has 0 radical (unpaired) electrons. The maximum absolute atomic E-state index is 12.4. The van der Waals surface area contributed by atoms with E-state index in [1.54, 1.807) is 0 Å². The summed E-state index contributed by atoms with van der Waals surface area (Å²) in [5, 5.41) is 21.4. The molecule has 4 aliphatic rings. The Labute approximate surface area is 126 Å². The number of aliphatic hydroxyl groups excluding tert-OH is 2. The first kappa shape index (κ1) is 15.3. The molecule has 4 aliphatic carbocycles. The molecule has 0 aromatic rings. The van der Waals surface area contributed by atoms with Crippen LogP contribution in [0.3, 0.4) is 0 Å². The van der Waals surface area contributed by atoms with Crippen molar-refractivity contribution in [3.05, 3.63) is 0 Å². The molecule has 0 spiro atoms. The van der Waals surface area contributed by atoms with Crippen molar-refractivity contribution in [2.75, 3.05) is 32.8 Å². The van der Waals surface area contributed by atoms with Crippen molar-refractivity contribution in [2.45, 2.75) is 44.1 Å². The lowest BCUT2D eigenvalue weighted by Crippen LogP contribution is -2.61. The van der Waals surface area contributed by atoms with E-state index in [1.807, 2.05) is 4.90 Å². The predicted octanol–water partition coefficient (Wildman–Crippen LogP) is 0.358. The smallest absolute Gasteiger partial charge is 0.234 e. The monoisotopic (exact) mass is 296 g/mol. The fourth-order valence-corrected chi connectivity index (χ4v) is 5.35. The van der Waals surface area contributed by atoms with Crippen LogP contribution in [-0.2, 0) is 4.79 Å². The van der Waals surface area contributed by atoms with Crippen LogP contribution in [0.2, 0.25) is 0 Å². The van der Waals surface area contributed by atoms with Gasteiger partial charge in [0.2, 0.25) is 5.91 Å². The van der Waals surface area contributed by atoms with Gasteiger partial charge in [0.25, 0.3) is 0 Å². The molecule has 4 rings (SSSR count). The van der Waals surface area contributed by atoms with Crippen molar-refractivity contribution in [1.82, 2.24) is 10.2 Å². The number of hydrogen-bond donors (Lipinski definition) is 3. The van der Waals surface area contributed by atoms with E-state index in [0.29, 0.717) is 13.1 Å². The fraction of sp³-hybridized carbons (Fsp3) is 0.938. The number of amides is 1. The lowest BCUT2D eigenvalue weighted by Gasteiger charge is -2.57. The van der Waals surface area contributed by atoms with Crippen LogP contribution in [0.1, 0.15) is 38.5 Å². The van der Waals surface area contributed by atoms with Gasteiger partial charge in [-0.3, -0.25) is 9.69 Å². The molecule has 5 heteroatoms. The first-order chi connectivity index (χ1) is 10.1. The van der Waals surface area contributed by atoms with E-state index in [4.69, 9.17) is 10.2 Å². The SMILES string of the molecule is O=C(CN(CCO)CCO)NC12CC3CC(CC(C3)C1)C2. The summed E-state index contributed by atoms with van der Waals surface area (Å²) in [6, 6.07) is 0. The highest BCUT2D eigenvalue weighted by Crippen LogP contribution is 2.55. The molecule has 4 fully saturated rings. The third-order valence-corrected chi connectivity index (χ3v) is 5.64. The van der Waals surface area contributed by atoms with E-state index in [0.717, 1.165) is 37.0 Å². The van der Waals surface area contributed by atoms with Gasteiger partial charge < -0.3 is 15.5 Å². The molecule has 21 heavy (non-hydrogen) atoms. The Balaban J connectivity index is 1.57. The van der Waals surface area contributed by atoms with Crippen molar-refractivity contribution >= 4 is 5.91 Å². The molecule has 3 N–H and O–H groups in total. The van der Waals surface area contributed by atoms with Gasteiger partial charge in [-0.15, -0.1) is 0 Å². The Bertz CT molecular complexity index is 344. The number of carbonyl (C=O) groups excluding carboxylic acids is 1. The molecule has 5 nitrogen and oxygen atoms in total. The fourth-order valence-electron chi connectivity index (χ4n) is 5.35. The van der Waals surface area contributed by atoms with Crippen LogP contribution in [0.15, 0.2) is 0 Å². The summed E-state index contributed by atoms with van der Waals surface area (Å²) in [5.41, 5.74) is 0.0515. The quantitative estimate of drug-likeness (QED) is 0.634. The number of carbonyl (C=O) groups is 1. The van der Waals surface area contributed by atoms with E-state index in [1.165, 1.54) is 19.3 Å². The first-order valence-electron chi connectivity index (χ1n) is 8.37. The van der Waals surface area contributed by atoms with Gasteiger partial charge in [0.05, 0.1) is 19.8 Å². The summed E-state index contributed by atoms with van der Waals surface area (Å²) in [6.45, 7) is 1.20. The molecule has 0 aliphatic heterocycles. The molecule has 0 aromatic carbocycles. The van der Waals surface area contributed by atoms with Gasteiger partial charge in [-0.1, -0.05) is 0 Å². The minimum Gasteiger partial charge on any atom is -0.395 e. The average molecular weight is 296 g/mol. The third-order valence-electron chi connectivity index (χ3n) is 5.64. The summed E-state index contributed by atoms with van der Waals surface area (Å²) in [7, 11) is 0. The van der Waals surface area contributed by atoms with Crippen molar-refractivity contribution in [3.8, 4) is 0 Å². The molecule has 0 aromatic heterocycles. The minimum atomic E-state index is 0.0185. The highest BCUT2D eigenvalue weighted by molar-refractivity contribution is 5.79. The van der Waals surface area contributed by atoms with Crippen molar-refractivity contribution in [2.24, 2.45) is 17.8 Å². The number of aliphatic hydroxyl groups is 2. The predicted molar refractivity (Wildman–Crippen MR) is 79.7 cm³/mol. The van der Waals surface area contributed by atoms with Gasteiger partial charge in [0.15, 0.2) is 0 Å². The van der Waals surface area contributed by atoms with Crippen LogP contribution in [0, 0.1) is 17.8 Å². The van der Waals surface area contributed by atoms with E-state index < -0.39 is 0 Å². The van der Waals surface area contributed by atoms with Crippen molar-refractivity contribution in [3.63, 3.8) is 0 Å². The zero-order valence-corrected chi connectivity index (χ0v) is 12.8. The maximum atomic E-state index is 12.4. The Morgan fingerprint density at radius 2 is 1.48 bits per heavy atom. The molecular formula is C16H28N2O3. The van der Waals surface area contributed by atoms with Gasteiger partial charge in [0, 0.05) is 18.6 Å². The van der Waals surface area contributed by atoms with Crippen LogP contribution < -0.4 is 5.32 Å². The second kappa shape index (κ2) is 6.23.